The second-order valence-corrected chi connectivity index (χ2v) is 8.60. The van der Waals surface area contributed by atoms with Crippen LogP contribution in [0.15, 0.2) is 76.7 Å². The van der Waals surface area contributed by atoms with E-state index in [9.17, 15) is 21.6 Å². The molecule has 0 aliphatic heterocycles. The van der Waals surface area contributed by atoms with E-state index in [0.717, 1.165) is 18.3 Å². The molecule has 3 nitrogen and oxygen atoms in total. The summed E-state index contributed by atoms with van der Waals surface area (Å²) < 4.78 is 68.1. The van der Waals surface area contributed by atoms with Crippen molar-refractivity contribution >= 4 is 32.3 Å². The molecule has 0 spiro atoms. The number of para-hydroxylation sites is 1. The number of sulfone groups is 1. The van der Waals surface area contributed by atoms with Crippen LogP contribution < -0.4 is 0 Å². The molecule has 0 atom stereocenters. The maximum atomic E-state index is 14.3. The van der Waals surface area contributed by atoms with E-state index in [2.05, 4.69) is 4.98 Å². The highest BCUT2D eigenvalue weighted by atomic mass is 35.5. The summed E-state index contributed by atoms with van der Waals surface area (Å²) in [7, 11) is -4.38. The maximum absolute atomic E-state index is 14.3. The zero-order valence-electron chi connectivity index (χ0n) is 14.5. The molecule has 0 unspecified atom stereocenters. The summed E-state index contributed by atoms with van der Waals surface area (Å²) >= 11 is 5.93. The van der Waals surface area contributed by atoms with E-state index in [1.54, 1.807) is 24.3 Å². The first-order valence-electron chi connectivity index (χ1n) is 8.32. The van der Waals surface area contributed by atoms with E-state index in [1.807, 2.05) is 0 Å². The molecular formula is C21H11ClF3NO2S. The molecule has 29 heavy (non-hydrogen) atoms. The molecule has 0 N–H and O–H groups in total. The molecule has 146 valence electrons. The van der Waals surface area contributed by atoms with Crippen LogP contribution >= 0.6 is 11.6 Å². The van der Waals surface area contributed by atoms with Gasteiger partial charge in [-0.2, -0.15) is 0 Å². The normalized spacial score (nSPS) is 11.7. The Kier molecular flexibility index (Phi) is 4.80. The van der Waals surface area contributed by atoms with E-state index in [0.29, 0.717) is 16.7 Å². The Labute approximate surface area is 169 Å². The van der Waals surface area contributed by atoms with Crippen LogP contribution in [0.4, 0.5) is 13.2 Å². The molecule has 0 bridgehead atoms. The number of pyridine rings is 1. The predicted molar refractivity (Wildman–Crippen MR) is 104 cm³/mol. The summed E-state index contributed by atoms with van der Waals surface area (Å²) in [6, 6.07) is 12.4. The van der Waals surface area contributed by atoms with Gasteiger partial charge in [-0.1, -0.05) is 35.9 Å². The van der Waals surface area contributed by atoms with E-state index in [4.69, 9.17) is 11.6 Å². The van der Waals surface area contributed by atoms with E-state index >= 15 is 0 Å². The van der Waals surface area contributed by atoms with Gasteiger partial charge in [0.2, 0.25) is 9.84 Å². The highest BCUT2D eigenvalue weighted by molar-refractivity contribution is 7.91. The van der Waals surface area contributed by atoms with Gasteiger partial charge in [0, 0.05) is 28.2 Å². The van der Waals surface area contributed by atoms with Crippen molar-refractivity contribution in [3.8, 4) is 11.1 Å². The Morgan fingerprint density at radius 1 is 0.862 bits per heavy atom. The lowest BCUT2D eigenvalue weighted by atomic mass is 10.0. The van der Waals surface area contributed by atoms with Gasteiger partial charge in [0.25, 0.3) is 0 Å². The number of halogens is 4. The quantitative estimate of drug-likeness (QED) is 0.410. The molecule has 0 radical (unpaired) electrons. The second kappa shape index (κ2) is 7.17. The van der Waals surface area contributed by atoms with E-state index in [1.165, 1.54) is 18.2 Å². The van der Waals surface area contributed by atoms with Gasteiger partial charge in [0.05, 0.1) is 9.79 Å². The van der Waals surface area contributed by atoms with Gasteiger partial charge in [-0.15, -0.1) is 0 Å². The van der Waals surface area contributed by atoms with Crippen LogP contribution in [-0.4, -0.2) is 13.4 Å². The SMILES string of the molecule is O=S(=O)(c1cc(F)cc(F)c1)c1cnc2c(F)cccc2c1-c1ccc(Cl)cc1. The van der Waals surface area contributed by atoms with Crippen molar-refractivity contribution in [1.29, 1.82) is 0 Å². The zero-order valence-corrected chi connectivity index (χ0v) is 16.1. The van der Waals surface area contributed by atoms with Gasteiger partial charge in [-0.3, -0.25) is 4.98 Å². The van der Waals surface area contributed by atoms with Crippen LogP contribution in [0, 0.1) is 17.5 Å². The Morgan fingerprint density at radius 2 is 1.52 bits per heavy atom. The number of aromatic nitrogens is 1. The topological polar surface area (TPSA) is 47.0 Å². The lowest BCUT2D eigenvalue weighted by Crippen LogP contribution is -2.07. The van der Waals surface area contributed by atoms with Crippen molar-refractivity contribution < 1.29 is 21.6 Å². The third-order valence-corrected chi connectivity index (χ3v) is 6.38. The van der Waals surface area contributed by atoms with Crippen molar-refractivity contribution in [3.63, 3.8) is 0 Å². The summed E-state index contributed by atoms with van der Waals surface area (Å²) in [5, 5.41) is 0.667. The third kappa shape index (κ3) is 3.47. The van der Waals surface area contributed by atoms with Crippen molar-refractivity contribution in [1.82, 2.24) is 4.98 Å². The molecule has 0 saturated carbocycles. The average molecular weight is 434 g/mol. The maximum Gasteiger partial charge on any atom is 0.208 e. The van der Waals surface area contributed by atoms with Crippen LogP contribution in [-0.2, 0) is 9.84 Å². The predicted octanol–water partition coefficient (Wildman–Crippen LogP) is 5.81. The minimum absolute atomic E-state index is 0.0261. The van der Waals surface area contributed by atoms with Gasteiger partial charge in [-0.25, -0.2) is 21.6 Å². The number of benzene rings is 3. The van der Waals surface area contributed by atoms with E-state index < -0.39 is 32.2 Å². The van der Waals surface area contributed by atoms with E-state index in [-0.39, 0.29) is 21.4 Å². The third-order valence-electron chi connectivity index (χ3n) is 4.38. The number of nitrogens with zero attached hydrogens (tertiary/aromatic N) is 1. The summed E-state index contributed by atoms with van der Waals surface area (Å²) in [6.07, 6.45) is 0.994. The second-order valence-electron chi connectivity index (χ2n) is 6.25. The first-order valence-corrected chi connectivity index (χ1v) is 10.2. The van der Waals surface area contributed by atoms with Crippen molar-refractivity contribution in [2.45, 2.75) is 9.79 Å². The minimum atomic E-state index is -4.38. The smallest absolute Gasteiger partial charge is 0.208 e. The molecule has 0 aliphatic rings. The molecule has 0 fully saturated rings. The molecular weight excluding hydrogens is 423 g/mol. The Balaban J connectivity index is 2.09. The lowest BCUT2D eigenvalue weighted by molar-refractivity contribution is 0.567. The molecule has 1 heterocycles. The molecule has 4 aromatic rings. The number of fused-ring (bicyclic) bond motifs is 1. The van der Waals surface area contributed by atoms with Gasteiger partial charge in [0.15, 0.2) is 0 Å². The summed E-state index contributed by atoms with van der Waals surface area (Å²) in [5.74, 6) is -2.69. The van der Waals surface area contributed by atoms with Gasteiger partial charge in [0.1, 0.15) is 23.0 Å². The van der Waals surface area contributed by atoms with Gasteiger partial charge < -0.3 is 0 Å². The van der Waals surface area contributed by atoms with Crippen LogP contribution in [0.3, 0.4) is 0 Å². The standard InChI is InChI=1S/C21H11ClF3NO2S/c22-13-6-4-12(5-7-13)20-17-2-1-3-18(25)21(17)26-11-19(20)29(27,28)16-9-14(23)8-15(24)10-16/h1-11H. The molecule has 0 amide bonds. The first-order chi connectivity index (χ1) is 13.8. The summed E-state index contributed by atoms with van der Waals surface area (Å²) in [5.41, 5.74) is 0.570. The molecule has 1 aromatic heterocycles. The summed E-state index contributed by atoms with van der Waals surface area (Å²) in [6.45, 7) is 0. The zero-order chi connectivity index (χ0) is 20.8. The highest BCUT2D eigenvalue weighted by Crippen LogP contribution is 2.37. The van der Waals surface area contributed by atoms with Crippen molar-refractivity contribution in [2.24, 2.45) is 0 Å². The number of hydrogen-bond donors (Lipinski definition) is 0. The number of hydrogen-bond acceptors (Lipinski definition) is 3. The minimum Gasteiger partial charge on any atom is -0.252 e. The summed E-state index contributed by atoms with van der Waals surface area (Å²) in [4.78, 5) is 3.08. The fraction of sp³-hybridized carbons (Fsp3) is 0. The number of rotatable bonds is 3. The largest absolute Gasteiger partial charge is 0.252 e. The first kappa shape index (κ1) is 19.4. The van der Waals surface area contributed by atoms with Crippen LogP contribution in [0.5, 0.6) is 0 Å². The molecule has 8 heteroatoms. The Morgan fingerprint density at radius 3 is 2.17 bits per heavy atom. The highest BCUT2D eigenvalue weighted by Gasteiger charge is 2.26. The molecule has 0 saturated heterocycles. The molecule has 0 aliphatic carbocycles. The average Bonchev–Trinajstić information content (AvgIpc) is 2.67. The fourth-order valence-corrected chi connectivity index (χ4v) is 4.70. The van der Waals surface area contributed by atoms with Crippen molar-refractivity contribution in [2.75, 3.05) is 0 Å². The van der Waals surface area contributed by atoms with Gasteiger partial charge >= 0.3 is 0 Å². The Bertz CT molecular complexity index is 1340. The van der Waals surface area contributed by atoms with Crippen LogP contribution in [0.1, 0.15) is 0 Å². The van der Waals surface area contributed by atoms with Crippen LogP contribution in [0.25, 0.3) is 22.0 Å². The lowest BCUT2D eigenvalue weighted by Gasteiger charge is -2.14. The van der Waals surface area contributed by atoms with Gasteiger partial charge in [-0.05, 0) is 35.9 Å². The molecule has 3 aromatic carbocycles. The Hall–Kier alpha value is -2.90. The fourth-order valence-electron chi connectivity index (χ4n) is 3.10. The van der Waals surface area contributed by atoms with Crippen LogP contribution in [0.2, 0.25) is 5.02 Å². The van der Waals surface area contributed by atoms with Crippen molar-refractivity contribution in [3.05, 3.63) is 89.3 Å². The molecule has 4 rings (SSSR count). The monoisotopic (exact) mass is 433 g/mol.